The summed E-state index contributed by atoms with van der Waals surface area (Å²) in [7, 11) is 0. The van der Waals surface area contributed by atoms with E-state index >= 15 is 4.39 Å². The largest absolute Gasteiger partial charge is 0.471 e. The molecule has 1 saturated carbocycles. The lowest BCUT2D eigenvalue weighted by Gasteiger charge is -2.26. The molecule has 1 amide bonds. The Morgan fingerprint density at radius 3 is 2.45 bits per heavy atom. The molecule has 0 unspecified atom stereocenters. The average Bonchev–Trinajstić information content (AvgIpc) is 3.41. The Kier molecular flexibility index (Phi) is 5.21. The second-order valence-corrected chi connectivity index (χ2v) is 8.39. The Labute approximate surface area is 174 Å². The number of hydrogen-bond donors (Lipinski definition) is 1. The number of aromatic nitrogens is 1. The number of alkyl halides is 3. The fourth-order valence-electron chi connectivity index (χ4n) is 4.49. The number of halogens is 5. The second kappa shape index (κ2) is 7.49. The predicted molar refractivity (Wildman–Crippen MR) is 105 cm³/mol. The molecule has 168 valence electrons. The quantitative estimate of drug-likeness (QED) is 0.732. The van der Waals surface area contributed by atoms with Gasteiger partial charge in [0.15, 0.2) is 11.6 Å². The molecule has 2 atom stereocenters. The van der Waals surface area contributed by atoms with Gasteiger partial charge < -0.3 is 14.8 Å². The topological polar surface area (TPSA) is 54.3 Å². The first-order chi connectivity index (χ1) is 14.5. The summed E-state index contributed by atoms with van der Waals surface area (Å²) in [6.07, 6.45) is -3.00. The minimum absolute atomic E-state index is 0.0156. The molecule has 0 bridgehead atoms. The summed E-state index contributed by atoms with van der Waals surface area (Å²) < 4.78 is 69.1. The maximum atomic E-state index is 15.1. The number of anilines is 1. The summed E-state index contributed by atoms with van der Waals surface area (Å²) in [4.78, 5) is 25.2. The second-order valence-electron chi connectivity index (χ2n) is 8.39. The fourth-order valence-corrected chi connectivity index (χ4v) is 4.49. The van der Waals surface area contributed by atoms with Crippen LogP contribution in [0.3, 0.4) is 0 Å². The van der Waals surface area contributed by atoms with Crippen molar-refractivity contribution in [3.05, 3.63) is 39.7 Å². The van der Waals surface area contributed by atoms with Crippen LogP contribution in [0.1, 0.15) is 37.8 Å². The highest BCUT2D eigenvalue weighted by molar-refractivity contribution is 5.88. The SMILES string of the molecule is Cc1c(N2CC[C@@H]([C@H](C)NC(=O)C(F)(F)F)C2)c(F)c(F)c2ccc(=O)n(C3CC3)c12. The minimum Gasteiger partial charge on any atom is -0.368 e. The van der Waals surface area contributed by atoms with E-state index in [9.17, 15) is 27.2 Å². The molecule has 1 aromatic heterocycles. The van der Waals surface area contributed by atoms with Gasteiger partial charge in [0.25, 0.3) is 5.56 Å². The molecule has 1 saturated heterocycles. The monoisotopic (exact) mass is 443 g/mol. The summed E-state index contributed by atoms with van der Waals surface area (Å²) >= 11 is 0. The zero-order valence-electron chi connectivity index (χ0n) is 17.0. The van der Waals surface area contributed by atoms with E-state index in [1.54, 1.807) is 11.8 Å². The Morgan fingerprint density at radius 1 is 1.16 bits per heavy atom. The molecule has 4 rings (SSSR count). The van der Waals surface area contributed by atoms with Crippen LogP contribution in [0, 0.1) is 24.5 Å². The number of nitrogens with zero attached hydrogens (tertiary/aromatic N) is 2. The van der Waals surface area contributed by atoms with Crippen LogP contribution in [0.25, 0.3) is 10.9 Å². The van der Waals surface area contributed by atoms with E-state index in [4.69, 9.17) is 0 Å². The van der Waals surface area contributed by atoms with Gasteiger partial charge in [-0.05, 0) is 50.7 Å². The van der Waals surface area contributed by atoms with Crippen molar-refractivity contribution in [2.75, 3.05) is 18.0 Å². The van der Waals surface area contributed by atoms with Crippen LogP contribution >= 0.6 is 0 Å². The molecular formula is C21H22F5N3O2. The number of aryl methyl sites for hydroxylation is 1. The highest BCUT2D eigenvalue weighted by atomic mass is 19.4. The molecule has 10 heteroatoms. The highest BCUT2D eigenvalue weighted by Crippen LogP contribution is 2.41. The van der Waals surface area contributed by atoms with Gasteiger partial charge in [0, 0.05) is 36.6 Å². The Balaban J connectivity index is 1.68. The summed E-state index contributed by atoms with van der Waals surface area (Å²) in [5.41, 5.74) is 0.511. The van der Waals surface area contributed by atoms with Crippen LogP contribution in [0.15, 0.2) is 16.9 Å². The highest BCUT2D eigenvalue weighted by Gasteiger charge is 2.41. The summed E-state index contributed by atoms with van der Waals surface area (Å²) in [5.74, 6) is -4.48. The van der Waals surface area contributed by atoms with Gasteiger partial charge in [-0.3, -0.25) is 9.59 Å². The maximum Gasteiger partial charge on any atom is 0.471 e. The maximum absolute atomic E-state index is 15.1. The number of pyridine rings is 1. The van der Waals surface area contributed by atoms with Crippen molar-refractivity contribution in [2.45, 2.75) is 51.4 Å². The average molecular weight is 443 g/mol. The Hall–Kier alpha value is -2.65. The number of hydrogen-bond acceptors (Lipinski definition) is 3. The molecule has 2 heterocycles. The van der Waals surface area contributed by atoms with E-state index in [1.165, 1.54) is 23.6 Å². The number of fused-ring (bicyclic) bond motifs is 1. The molecule has 0 spiro atoms. The van der Waals surface area contributed by atoms with Gasteiger partial charge >= 0.3 is 12.1 Å². The first kappa shape index (κ1) is 21.6. The normalized spacial score (nSPS) is 20.4. The van der Waals surface area contributed by atoms with E-state index in [2.05, 4.69) is 0 Å². The molecule has 0 radical (unpaired) electrons. The third kappa shape index (κ3) is 3.76. The predicted octanol–water partition coefficient (Wildman–Crippen LogP) is 3.82. The first-order valence-electron chi connectivity index (χ1n) is 10.2. The van der Waals surface area contributed by atoms with Crippen LogP contribution in [0.4, 0.5) is 27.6 Å². The zero-order valence-corrected chi connectivity index (χ0v) is 17.0. The third-order valence-electron chi connectivity index (χ3n) is 6.25. The Bertz CT molecular complexity index is 1110. The minimum atomic E-state index is -4.98. The first-order valence-corrected chi connectivity index (χ1v) is 10.2. The molecule has 1 aliphatic heterocycles. The number of nitrogens with one attached hydrogen (secondary N) is 1. The van der Waals surface area contributed by atoms with Gasteiger partial charge in [0.2, 0.25) is 0 Å². The van der Waals surface area contributed by atoms with Crippen molar-refractivity contribution in [3.8, 4) is 0 Å². The van der Waals surface area contributed by atoms with Crippen LogP contribution in [-0.4, -0.2) is 35.8 Å². The van der Waals surface area contributed by atoms with E-state index in [-0.39, 0.29) is 35.1 Å². The van der Waals surface area contributed by atoms with Crippen LogP contribution in [-0.2, 0) is 4.79 Å². The molecule has 1 aliphatic carbocycles. The van der Waals surface area contributed by atoms with Crippen molar-refractivity contribution in [3.63, 3.8) is 0 Å². The number of carbonyl (C=O) groups is 1. The number of rotatable bonds is 4. The van der Waals surface area contributed by atoms with Crippen molar-refractivity contribution in [1.29, 1.82) is 0 Å². The van der Waals surface area contributed by atoms with E-state index in [1.807, 2.05) is 5.32 Å². The van der Waals surface area contributed by atoms with Gasteiger partial charge in [0.05, 0.1) is 11.2 Å². The fraction of sp³-hybridized carbons (Fsp3) is 0.524. The lowest BCUT2D eigenvalue weighted by molar-refractivity contribution is -0.174. The lowest BCUT2D eigenvalue weighted by Crippen LogP contribution is -2.45. The third-order valence-corrected chi connectivity index (χ3v) is 6.25. The van der Waals surface area contributed by atoms with Gasteiger partial charge in [-0.15, -0.1) is 0 Å². The number of carbonyl (C=O) groups excluding carboxylic acids is 1. The smallest absolute Gasteiger partial charge is 0.368 e. The van der Waals surface area contributed by atoms with Gasteiger partial charge in [0.1, 0.15) is 0 Å². The molecule has 2 fully saturated rings. The van der Waals surface area contributed by atoms with Gasteiger partial charge in [-0.25, -0.2) is 8.78 Å². The standard InChI is InChI=1S/C21H22F5N3O2/c1-10-18-14(5-6-15(30)29(18)13-3-4-13)16(22)17(23)19(10)28-8-7-12(9-28)11(2)27-20(31)21(24,25)26/h5-6,11-13H,3-4,7-9H2,1-2H3,(H,27,31)/t11-,12+/m0/s1. The van der Waals surface area contributed by atoms with Gasteiger partial charge in [-0.1, -0.05) is 0 Å². The van der Waals surface area contributed by atoms with Crippen molar-refractivity contribution < 1.29 is 26.7 Å². The molecule has 1 N–H and O–H groups in total. The lowest BCUT2D eigenvalue weighted by atomic mass is 10.0. The molecule has 5 nitrogen and oxygen atoms in total. The summed E-state index contributed by atoms with van der Waals surface area (Å²) in [5, 5.41) is 1.97. The van der Waals surface area contributed by atoms with Crippen LogP contribution in [0.5, 0.6) is 0 Å². The molecule has 2 aliphatic rings. The van der Waals surface area contributed by atoms with E-state index < -0.39 is 29.8 Å². The number of benzene rings is 1. The van der Waals surface area contributed by atoms with Gasteiger partial charge in [-0.2, -0.15) is 13.2 Å². The zero-order chi connectivity index (χ0) is 22.7. The van der Waals surface area contributed by atoms with Crippen molar-refractivity contribution >= 4 is 22.5 Å². The summed E-state index contributed by atoms with van der Waals surface area (Å²) in [6.45, 7) is 3.54. The van der Waals surface area contributed by atoms with Crippen LogP contribution < -0.4 is 15.8 Å². The molecule has 31 heavy (non-hydrogen) atoms. The summed E-state index contributed by atoms with van der Waals surface area (Å²) in [6, 6.07) is 1.68. The van der Waals surface area contributed by atoms with E-state index in [0.29, 0.717) is 24.0 Å². The Morgan fingerprint density at radius 2 is 1.84 bits per heavy atom. The van der Waals surface area contributed by atoms with Crippen molar-refractivity contribution in [1.82, 2.24) is 9.88 Å². The molecule has 1 aromatic carbocycles. The van der Waals surface area contributed by atoms with Crippen LogP contribution in [0.2, 0.25) is 0 Å². The number of amides is 1. The van der Waals surface area contributed by atoms with E-state index in [0.717, 1.165) is 12.8 Å². The molecular weight excluding hydrogens is 421 g/mol. The molecule has 2 aromatic rings. The van der Waals surface area contributed by atoms with Crippen molar-refractivity contribution in [2.24, 2.45) is 5.92 Å².